The Balaban J connectivity index is 2.70. The molecule has 0 aliphatic carbocycles. The third kappa shape index (κ3) is 4.24. The van der Waals surface area contributed by atoms with E-state index in [0.717, 1.165) is 5.56 Å². The van der Waals surface area contributed by atoms with Crippen LogP contribution in [0.25, 0.3) is 0 Å². The first kappa shape index (κ1) is 13.2. The van der Waals surface area contributed by atoms with Crippen molar-refractivity contribution in [3.8, 4) is 0 Å². The number of hydrogen-bond acceptors (Lipinski definition) is 3. The fourth-order valence-corrected chi connectivity index (χ4v) is 1.46. The molecule has 5 heteroatoms. The number of rotatable bonds is 5. The van der Waals surface area contributed by atoms with Crippen LogP contribution in [0.1, 0.15) is 18.9 Å². The highest BCUT2D eigenvalue weighted by molar-refractivity contribution is 5.87. The normalized spacial score (nSPS) is 11.6. The van der Waals surface area contributed by atoms with E-state index < -0.39 is 11.9 Å². The molecule has 1 atom stereocenters. The van der Waals surface area contributed by atoms with Crippen LogP contribution in [-0.4, -0.2) is 17.9 Å². The zero-order valence-electron chi connectivity index (χ0n) is 9.77. The number of hydrogen-bond donors (Lipinski definition) is 3. The maximum atomic E-state index is 11.5. The summed E-state index contributed by atoms with van der Waals surface area (Å²) in [4.78, 5) is 22.8. The summed E-state index contributed by atoms with van der Waals surface area (Å²) in [6.45, 7) is 1.73. The standard InChI is InChI=1S/C12H17N3O2/c1-2-11(16)14-10(12(17)15-13)8-9-6-4-3-5-7-9/h3-7,10H,2,8,13H2,1H3,(H,14,16)(H,15,17)/t10-/m0/s1. The Hall–Kier alpha value is -1.88. The van der Waals surface area contributed by atoms with Gasteiger partial charge in [-0.3, -0.25) is 15.0 Å². The smallest absolute Gasteiger partial charge is 0.256 e. The fourth-order valence-electron chi connectivity index (χ4n) is 1.46. The summed E-state index contributed by atoms with van der Waals surface area (Å²) >= 11 is 0. The van der Waals surface area contributed by atoms with Gasteiger partial charge in [0.2, 0.25) is 5.91 Å². The van der Waals surface area contributed by atoms with E-state index in [2.05, 4.69) is 10.7 Å². The van der Waals surface area contributed by atoms with Gasteiger partial charge in [0.25, 0.3) is 5.91 Å². The number of carbonyl (C=O) groups is 2. The minimum Gasteiger partial charge on any atom is -0.344 e. The number of benzene rings is 1. The second-order valence-corrected chi connectivity index (χ2v) is 3.67. The fraction of sp³-hybridized carbons (Fsp3) is 0.333. The average molecular weight is 235 g/mol. The van der Waals surface area contributed by atoms with Crippen LogP contribution >= 0.6 is 0 Å². The van der Waals surface area contributed by atoms with E-state index in [4.69, 9.17) is 5.84 Å². The molecule has 0 aliphatic rings. The molecule has 2 amide bonds. The second-order valence-electron chi connectivity index (χ2n) is 3.67. The molecule has 1 rings (SSSR count). The van der Waals surface area contributed by atoms with Gasteiger partial charge in [0, 0.05) is 12.8 Å². The zero-order chi connectivity index (χ0) is 12.7. The van der Waals surface area contributed by atoms with E-state index in [1.54, 1.807) is 6.92 Å². The monoisotopic (exact) mass is 235 g/mol. The lowest BCUT2D eigenvalue weighted by atomic mass is 10.1. The molecule has 0 radical (unpaired) electrons. The van der Waals surface area contributed by atoms with Gasteiger partial charge in [0.1, 0.15) is 6.04 Å². The van der Waals surface area contributed by atoms with Gasteiger partial charge in [-0.05, 0) is 5.56 Å². The van der Waals surface area contributed by atoms with Crippen molar-refractivity contribution in [2.24, 2.45) is 5.84 Å². The highest BCUT2D eigenvalue weighted by atomic mass is 16.2. The van der Waals surface area contributed by atoms with Crippen molar-refractivity contribution in [3.05, 3.63) is 35.9 Å². The molecular weight excluding hydrogens is 218 g/mol. The third-order valence-corrected chi connectivity index (χ3v) is 2.40. The van der Waals surface area contributed by atoms with E-state index in [1.807, 2.05) is 30.3 Å². The lowest BCUT2D eigenvalue weighted by Gasteiger charge is -2.16. The van der Waals surface area contributed by atoms with Crippen molar-refractivity contribution in [1.29, 1.82) is 0 Å². The van der Waals surface area contributed by atoms with E-state index >= 15 is 0 Å². The third-order valence-electron chi connectivity index (χ3n) is 2.40. The number of nitrogens with one attached hydrogen (secondary N) is 2. The first-order chi connectivity index (χ1) is 8.17. The zero-order valence-corrected chi connectivity index (χ0v) is 9.77. The Morgan fingerprint density at radius 3 is 2.47 bits per heavy atom. The summed E-state index contributed by atoms with van der Waals surface area (Å²) in [5.41, 5.74) is 3.03. The maximum absolute atomic E-state index is 11.5. The molecule has 0 unspecified atom stereocenters. The lowest BCUT2D eigenvalue weighted by molar-refractivity contribution is -0.128. The molecule has 0 heterocycles. The van der Waals surface area contributed by atoms with E-state index in [0.29, 0.717) is 12.8 Å². The van der Waals surface area contributed by atoms with Gasteiger partial charge in [0.15, 0.2) is 0 Å². The van der Waals surface area contributed by atoms with Crippen molar-refractivity contribution in [2.45, 2.75) is 25.8 Å². The number of carbonyl (C=O) groups excluding carboxylic acids is 2. The lowest BCUT2D eigenvalue weighted by Crippen LogP contribution is -2.49. The maximum Gasteiger partial charge on any atom is 0.256 e. The number of amides is 2. The topological polar surface area (TPSA) is 84.2 Å². The van der Waals surface area contributed by atoms with Crippen molar-refractivity contribution in [3.63, 3.8) is 0 Å². The van der Waals surface area contributed by atoms with Gasteiger partial charge in [-0.2, -0.15) is 0 Å². The second kappa shape index (κ2) is 6.65. The van der Waals surface area contributed by atoms with Crippen molar-refractivity contribution >= 4 is 11.8 Å². The van der Waals surface area contributed by atoms with E-state index in [1.165, 1.54) is 0 Å². The summed E-state index contributed by atoms with van der Waals surface area (Å²) < 4.78 is 0. The molecule has 1 aromatic rings. The highest BCUT2D eigenvalue weighted by Gasteiger charge is 2.19. The molecule has 92 valence electrons. The molecular formula is C12H17N3O2. The number of nitrogens with two attached hydrogens (primary N) is 1. The predicted molar refractivity (Wildman–Crippen MR) is 64.7 cm³/mol. The Bertz CT molecular complexity index is 379. The van der Waals surface area contributed by atoms with Crippen LogP contribution in [-0.2, 0) is 16.0 Å². The SMILES string of the molecule is CCC(=O)N[C@@H](Cc1ccccc1)C(=O)NN. The minimum absolute atomic E-state index is 0.172. The van der Waals surface area contributed by atoms with Crippen molar-refractivity contribution in [2.75, 3.05) is 0 Å². The first-order valence-electron chi connectivity index (χ1n) is 5.51. The van der Waals surface area contributed by atoms with E-state index in [9.17, 15) is 9.59 Å². The molecule has 0 saturated carbocycles. The molecule has 0 saturated heterocycles. The van der Waals surface area contributed by atoms with Crippen LogP contribution in [0.3, 0.4) is 0 Å². The van der Waals surface area contributed by atoms with Crippen LogP contribution in [0.4, 0.5) is 0 Å². The molecule has 0 spiro atoms. The quantitative estimate of drug-likeness (QED) is 0.385. The molecule has 0 aromatic heterocycles. The summed E-state index contributed by atoms with van der Waals surface area (Å²) in [5, 5.41) is 2.63. The van der Waals surface area contributed by atoms with Crippen LogP contribution in [0.5, 0.6) is 0 Å². The summed E-state index contributed by atoms with van der Waals surface area (Å²) in [6.07, 6.45) is 0.763. The molecule has 0 aliphatic heterocycles. The van der Waals surface area contributed by atoms with Gasteiger partial charge in [0.05, 0.1) is 0 Å². The van der Waals surface area contributed by atoms with E-state index in [-0.39, 0.29) is 5.91 Å². The summed E-state index contributed by atoms with van der Waals surface area (Å²) in [7, 11) is 0. The Labute approximate surface area is 100 Å². The predicted octanol–water partition coefficient (Wildman–Crippen LogP) is 0.114. The van der Waals surface area contributed by atoms with Gasteiger partial charge in [-0.25, -0.2) is 5.84 Å². The summed E-state index contributed by atoms with van der Waals surface area (Å²) in [6, 6.07) is 8.83. The van der Waals surface area contributed by atoms with Crippen LogP contribution in [0, 0.1) is 0 Å². The molecule has 17 heavy (non-hydrogen) atoms. The first-order valence-corrected chi connectivity index (χ1v) is 5.51. The Morgan fingerprint density at radius 1 is 1.29 bits per heavy atom. The molecule has 0 fully saturated rings. The average Bonchev–Trinajstić information content (AvgIpc) is 2.38. The summed E-state index contributed by atoms with van der Waals surface area (Å²) in [5.74, 6) is 4.53. The van der Waals surface area contributed by atoms with Crippen LogP contribution in [0.15, 0.2) is 30.3 Å². The van der Waals surface area contributed by atoms with Crippen LogP contribution < -0.4 is 16.6 Å². The van der Waals surface area contributed by atoms with Crippen molar-refractivity contribution < 1.29 is 9.59 Å². The van der Waals surface area contributed by atoms with Crippen molar-refractivity contribution in [1.82, 2.24) is 10.7 Å². The minimum atomic E-state index is -0.630. The molecule has 0 bridgehead atoms. The molecule has 4 N–H and O–H groups in total. The largest absolute Gasteiger partial charge is 0.344 e. The van der Waals surface area contributed by atoms with Gasteiger partial charge >= 0.3 is 0 Å². The van der Waals surface area contributed by atoms with Crippen LogP contribution in [0.2, 0.25) is 0 Å². The molecule has 5 nitrogen and oxygen atoms in total. The molecule has 1 aromatic carbocycles. The Morgan fingerprint density at radius 2 is 1.94 bits per heavy atom. The van der Waals surface area contributed by atoms with Gasteiger partial charge in [-0.1, -0.05) is 37.3 Å². The number of hydrazine groups is 1. The highest BCUT2D eigenvalue weighted by Crippen LogP contribution is 2.03. The van der Waals surface area contributed by atoms with Gasteiger partial charge in [-0.15, -0.1) is 0 Å². The Kier molecular flexibility index (Phi) is 5.16. The van der Waals surface area contributed by atoms with Gasteiger partial charge < -0.3 is 5.32 Å².